The molecule has 2 amide bonds. The second-order valence-electron chi connectivity index (χ2n) is 9.11. The number of para-hydroxylation sites is 2. The predicted molar refractivity (Wildman–Crippen MR) is 151 cm³/mol. The highest BCUT2D eigenvalue weighted by Gasteiger charge is 2.22. The Hall–Kier alpha value is -3.55. The minimum atomic E-state index is -0.763. The minimum absolute atomic E-state index is 0.169. The predicted octanol–water partition coefficient (Wildman–Crippen LogP) is 5.94. The van der Waals surface area contributed by atoms with E-state index in [9.17, 15) is 9.59 Å². The summed E-state index contributed by atoms with van der Waals surface area (Å²) in [6.45, 7) is 5.93. The van der Waals surface area contributed by atoms with E-state index in [0.29, 0.717) is 33.5 Å². The first-order chi connectivity index (χ1) is 18.2. The lowest BCUT2D eigenvalue weighted by Gasteiger charge is -2.19. The van der Waals surface area contributed by atoms with Gasteiger partial charge in [0.25, 0.3) is 11.8 Å². The first-order valence-electron chi connectivity index (χ1n) is 12.2. The number of carbonyl (C=O) groups excluding carboxylic acids is 2. The largest absolute Gasteiger partial charge is 0.488 e. The van der Waals surface area contributed by atoms with E-state index in [2.05, 4.69) is 15.8 Å². The maximum atomic E-state index is 12.9. The molecule has 0 fully saturated rings. The van der Waals surface area contributed by atoms with Crippen molar-refractivity contribution in [3.05, 3.63) is 93.5 Å². The van der Waals surface area contributed by atoms with Gasteiger partial charge in [-0.05, 0) is 60.7 Å². The Kier molecular flexibility index (Phi) is 11.0. The molecule has 3 aromatic carbocycles. The van der Waals surface area contributed by atoms with E-state index in [1.165, 1.54) is 6.21 Å². The molecule has 0 aliphatic rings. The summed E-state index contributed by atoms with van der Waals surface area (Å²) in [7, 11) is 0. The number of nitrogens with one attached hydrogen (secondary N) is 2. The van der Waals surface area contributed by atoms with Crippen LogP contribution in [0, 0.1) is 12.8 Å². The van der Waals surface area contributed by atoms with E-state index in [0.717, 1.165) is 11.1 Å². The molecule has 0 aliphatic heterocycles. The van der Waals surface area contributed by atoms with Crippen LogP contribution < -0.4 is 20.2 Å². The summed E-state index contributed by atoms with van der Waals surface area (Å²) in [5.41, 5.74) is 4.98. The van der Waals surface area contributed by atoms with Gasteiger partial charge in [0.05, 0.1) is 16.3 Å². The molecule has 3 rings (SSSR count). The number of aryl methyl sites for hydroxylation is 1. The van der Waals surface area contributed by atoms with Crippen LogP contribution in [0.3, 0.4) is 0 Å². The van der Waals surface area contributed by atoms with Gasteiger partial charge < -0.3 is 14.8 Å². The number of hydrogen-bond acceptors (Lipinski definition) is 5. The molecule has 38 heavy (non-hydrogen) atoms. The molecule has 0 bridgehead atoms. The van der Waals surface area contributed by atoms with E-state index in [1.54, 1.807) is 24.3 Å². The number of ether oxygens (including phenoxy) is 2. The lowest BCUT2D eigenvalue weighted by atomic mass is 10.0. The molecule has 0 saturated heterocycles. The Morgan fingerprint density at radius 1 is 0.947 bits per heavy atom. The second-order valence-corrected chi connectivity index (χ2v) is 9.93. The van der Waals surface area contributed by atoms with Crippen LogP contribution in [0.5, 0.6) is 11.5 Å². The third kappa shape index (κ3) is 9.08. The summed E-state index contributed by atoms with van der Waals surface area (Å²) < 4.78 is 11.5. The fourth-order valence-electron chi connectivity index (χ4n) is 3.55. The molecule has 0 radical (unpaired) electrons. The molecule has 3 aromatic rings. The van der Waals surface area contributed by atoms with Crippen molar-refractivity contribution in [1.82, 2.24) is 10.7 Å². The van der Waals surface area contributed by atoms with Gasteiger partial charge in [0, 0.05) is 5.56 Å². The molecule has 0 unspecified atom stereocenters. The van der Waals surface area contributed by atoms with Gasteiger partial charge in [0.1, 0.15) is 24.1 Å². The molecule has 0 heterocycles. The highest BCUT2D eigenvalue weighted by molar-refractivity contribution is 6.42. The summed E-state index contributed by atoms with van der Waals surface area (Å²) in [5, 5.41) is 7.78. The number of hydrazone groups is 1. The molecule has 2 N–H and O–H groups in total. The third-order valence-electron chi connectivity index (χ3n) is 5.49. The van der Waals surface area contributed by atoms with E-state index < -0.39 is 11.9 Å². The number of halogens is 2. The smallest absolute Gasteiger partial charge is 0.262 e. The van der Waals surface area contributed by atoms with Crippen LogP contribution in [0.1, 0.15) is 37.0 Å². The van der Waals surface area contributed by atoms with Crippen LogP contribution in [0.2, 0.25) is 10.0 Å². The van der Waals surface area contributed by atoms with Crippen molar-refractivity contribution in [3.8, 4) is 11.5 Å². The van der Waals surface area contributed by atoms with E-state index in [-0.39, 0.29) is 25.0 Å². The molecule has 0 saturated carbocycles. The number of hydrogen-bond donors (Lipinski definition) is 2. The average Bonchev–Trinajstić information content (AvgIpc) is 2.89. The van der Waals surface area contributed by atoms with E-state index in [1.807, 2.05) is 63.2 Å². The van der Waals surface area contributed by atoms with Gasteiger partial charge in [-0.2, -0.15) is 5.10 Å². The quantitative estimate of drug-likeness (QED) is 0.214. The summed E-state index contributed by atoms with van der Waals surface area (Å²) in [6, 6.07) is 19.3. The standard InChI is InChI=1S/C29H31Cl2N3O4/c1-19(2)14-25(33-28(35)18-38-26-10-6-4-8-20(26)3)29(36)34-32-16-22-9-5-7-11-27(22)37-17-21-12-13-23(30)24(31)15-21/h4-13,15-16,19,25H,14,17-18H2,1-3H3,(H,33,35)(H,34,36)/b32-16-/t25-/m1/s1. The topological polar surface area (TPSA) is 89.0 Å². The zero-order valence-corrected chi connectivity index (χ0v) is 23.1. The molecule has 0 aliphatic carbocycles. The molecule has 0 spiro atoms. The second kappa shape index (κ2) is 14.4. The molecule has 0 aromatic heterocycles. The number of nitrogens with zero attached hydrogens (tertiary/aromatic N) is 1. The third-order valence-corrected chi connectivity index (χ3v) is 6.23. The number of benzene rings is 3. The molecule has 7 nitrogen and oxygen atoms in total. The molecule has 9 heteroatoms. The normalized spacial score (nSPS) is 11.8. The SMILES string of the molecule is Cc1ccccc1OCC(=O)N[C@H](CC(C)C)C(=O)N/N=C\c1ccccc1OCc1ccc(Cl)c(Cl)c1. The van der Waals surface area contributed by atoms with Gasteiger partial charge >= 0.3 is 0 Å². The van der Waals surface area contributed by atoms with Crippen LogP contribution >= 0.6 is 23.2 Å². The van der Waals surface area contributed by atoms with Crippen LogP contribution in [0.25, 0.3) is 0 Å². The fraction of sp³-hybridized carbons (Fsp3) is 0.276. The number of rotatable bonds is 12. The van der Waals surface area contributed by atoms with Gasteiger partial charge in [-0.1, -0.05) is 73.4 Å². The average molecular weight is 556 g/mol. The van der Waals surface area contributed by atoms with Crippen molar-refractivity contribution < 1.29 is 19.1 Å². The maximum absolute atomic E-state index is 12.9. The van der Waals surface area contributed by atoms with E-state index in [4.69, 9.17) is 32.7 Å². The number of carbonyl (C=O) groups is 2. The summed E-state index contributed by atoms with van der Waals surface area (Å²) in [4.78, 5) is 25.4. The van der Waals surface area contributed by atoms with E-state index >= 15 is 0 Å². The summed E-state index contributed by atoms with van der Waals surface area (Å²) >= 11 is 12.1. The van der Waals surface area contributed by atoms with Crippen molar-refractivity contribution >= 4 is 41.2 Å². The first-order valence-corrected chi connectivity index (χ1v) is 12.9. The van der Waals surface area contributed by atoms with Crippen LogP contribution in [0.4, 0.5) is 0 Å². The summed E-state index contributed by atoms with van der Waals surface area (Å²) in [6.07, 6.45) is 1.94. The Balaban J connectivity index is 1.58. The van der Waals surface area contributed by atoms with Gasteiger partial charge in [-0.15, -0.1) is 0 Å². The van der Waals surface area contributed by atoms with Crippen molar-refractivity contribution in [2.45, 2.75) is 39.8 Å². The lowest BCUT2D eigenvalue weighted by molar-refractivity contribution is -0.130. The van der Waals surface area contributed by atoms with Crippen molar-refractivity contribution in [2.75, 3.05) is 6.61 Å². The minimum Gasteiger partial charge on any atom is -0.488 e. The van der Waals surface area contributed by atoms with Crippen molar-refractivity contribution in [3.63, 3.8) is 0 Å². The Morgan fingerprint density at radius 3 is 2.37 bits per heavy atom. The molecular formula is C29H31Cl2N3O4. The summed E-state index contributed by atoms with van der Waals surface area (Å²) in [5.74, 6) is 0.560. The number of amides is 2. The zero-order valence-electron chi connectivity index (χ0n) is 21.5. The Bertz CT molecular complexity index is 1280. The fourth-order valence-corrected chi connectivity index (χ4v) is 3.87. The van der Waals surface area contributed by atoms with Gasteiger partial charge in [0.15, 0.2) is 6.61 Å². The van der Waals surface area contributed by atoms with Crippen LogP contribution in [0.15, 0.2) is 71.8 Å². The zero-order chi connectivity index (χ0) is 27.5. The lowest BCUT2D eigenvalue weighted by Crippen LogP contribution is -2.47. The van der Waals surface area contributed by atoms with Gasteiger partial charge in [-0.25, -0.2) is 5.43 Å². The molecule has 1 atom stereocenters. The maximum Gasteiger partial charge on any atom is 0.262 e. The van der Waals surface area contributed by atoms with Crippen LogP contribution in [-0.2, 0) is 16.2 Å². The van der Waals surface area contributed by atoms with Gasteiger partial charge in [0.2, 0.25) is 0 Å². The van der Waals surface area contributed by atoms with Crippen molar-refractivity contribution in [1.29, 1.82) is 0 Å². The monoisotopic (exact) mass is 555 g/mol. The van der Waals surface area contributed by atoms with Crippen molar-refractivity contribution in [2.24, 2.45) is 11.0 Å². The van der Waals surface area contributed by atoms with Gasteiger partial charge in [-0.3, -0.25) is 9.59 Å². The Labute approximate surface area is 233 Å². The molecule has 200 valence electrons. The molecular weight excluding hydrogens is 525 g/mol. The first kappa shape index (κ1) is 29.0. The van der Waals surface area contributed by atoms with Crippen LogP contribution in [-0.4, -0.2) is 30.7 Å². The highest BCUT2D eigenvalue weighted by Crippen LogP contribution is 2.24. The highest BCUT2D eigenvalue weighted by atomic mass is 35.5. The Morgan fingerprint density at radius 2 is 1.66 bits per heavy atom.